The smallest absolute Gasteiger partial charge is 0.356 e. The van der Waals surface area contributed by atoms with Gasteiger partial charge in [0.1, 0.15) is 0 Å². The lowest BCUT2D eigenvalue weighted by Gasteiger charge is -2.18. The molecule has 0 fully saturated rings. The molecule has 0 aliphatic rings. The van der Waals surface area contributed by atoms with Gasteiger partial charge in [-0.1, -0.05) is 20.8 Å². The summed E-state index contributed by atoms with van der Waals surface area (Å²) < 4.78 is 4.55. The van der Waals surface area contributed by atoms with Crippen molar-refractivity contribution in [1.82, 2.24) is 4.98 Å². The summed E-state index contributed by atoms with van der Waals surface area (Å²) in [7, 11) is 1.23. The molecule has 0 saturated carbocycles. The summed E-state index contributed by atoms with van der Waals surface area (Å²) in [5, 5.41) is 13.9. The molecule has 0 bridgehead atoms. The van der Waals surface area contributed by atoms with Crippen molar-refractivity contribution in [3.05, 3.63) is 27.9 Å². The van der Waals surface area contributed by atoms with Crippen LogP contribution in [0.15, 0.2) is 12.1 Å². The van der Waals surface area contributed by atoms with Crippen LogP contribution in [0, 0.1) is 15.5 Å². The van der Waals surface area contributed by atoms with E-state index in [0.29, 0.717) is 6.54 Å². The van der Waals surface area contributed by atoms with E-state index in [9.17, 15) is 14.9 Å². The van der Waals surface area contributed by atoms with Crippen molar-refractivity contribution in [2.24, 2.45) is 5.41 Å². The Bertz CT molecular complexity index is 509. The highest BCUT2D eigenvalue weighted by Crippen LogP contribution is 2.24. The first-order chi connectivity index (χ1) is 9.24. The molecule has 1 rings (SSSR count). The predicted octanol–water partition coefficient (Wildman–Crippen LogP) is 2.62. The number of hydrogen-bond donors (Lipinski definition) is 1. The van der Waals surface area contributed by atoms with Gasteiger partial charge in [0, 0.05) is 12.6 Å². The quantitative estimate of drug-likeness (QED) is 0.506. The van der Waals surface area contributed by atoms with E-state index >= 15 is 0 Å². The second kappa shape index (κ2) is 6.31. The number of methoxy groups -OCH3 is 1. The maximum absolute atomic E-state index is 11.4. The number of nitro groups is 1. The van der Waals surface area contributed by atoms with E-state index in [4.69, 9.17) is 0 Å². The van der Waals surface area contributed by atoms with Gasteiger partial charge in [-0.3, -0.25) is 10.1 Å². The number of hydrogen-bond acceptors (Lipinski definition) is 6. The van der Waals surface area contributed by atoms with Crippen molar-refractivity contribution < 1.29 is 14.5 Å². The summed E-state index contributed by atoms with van der Waals surface area (Å²) in [4.78, 5) is 25.8. The molecule has 0 saturated heterocycles. The van der Waals surface area contributed by atoms with Gasteiger partial charge in [0.25, 0.3) is 0 Å². The zero-order chi connectivity index (χ0) is 15.3. The Morgan fingerprint density at radius 2 is 2.10 bits per heavy atom. The number of nitrogens with zero attached hydrogens (tertiary/aromatic N) is 2. The molecule has 0 aliphatic heterocycles. The summed E-state index contributed by atoms with van der Waals surface area (Å²) in [5.41, 5.74) is -0.0233. The fourth-order valence-electron chi connectivity index (χ4n) is 1.50. The van der Waals surface area contributed by atoms with Crippen LogP contribution < -0.4 is 5.32 Å². The monoisotopic (exact) mass is 281 g/mol. The van der Waals surface area contributed by atoms with Crippen molar-refractivity contribution >= 4 is 17.5 Å². The minimum atomic E-state index is -0.626. The van der Waals surface area contributed by atoms with Gasteiger partial charge in [0.15, 0.2) is 5.69 Å². The van der Waals surface area contributed by atoms with Crippen molar-refractivity contribution in [2.45, 2.75) is 27.2 Å². The number of esters is 1. The molecule has 0 spiro atoms. The fourth-order valence-corrected chi connectivity index (χ4v) is 1.50. The van der Waals surface area contributed by atoms with E-state index < -0.39 is 10.9 Å². The third-order valence-corrected chi connectivity index (χ3v) is 2.63. The molecule has 110 valence electrons. The molecule has 0 radical (unpaired) electrons. The third-order valence-electron chi connectivity index (χ3n) is 2.63. The highest BCUT2D eigenvalue weighted by molar-refractivity contribution is 5.88. The molecular formula is C13H19N3O4. The second-order valence-electron chi connectivity index (χ2n) is 5.55. The van der Waals surface area contributed by atoms with Crippen LogP contribution in [-0.2, 0) is 4.74 Å². The van der Waals surface area contributed by atoms with Crippen LogP contribution in [0.25, 0.3) is 0 Å². The van der Waals surface area contributed by atoms with Gasteiger partial charge in [-0.2, -0.15) is 0 Å². The van der Waals surface area contributed by atoms with Gasteiger partial charge >= 0.3 is 11.7 Å². The number of nitrogens with one attached hydrogen (secondary N) is 1. The van der Waals surface area contributed by atoms with Crippen LogP contribution in [0.4, 0.5) is 11.5 Å². The summed E-state index contributed by atoms with van der Waals surface area (Å²) >= 11 is 0. The molecule has 0 aromatic carbocycles. The first-order valence-corrected chi connectivity index (χ1v) is 6.22. The highest BCUT2D eigenvalue weighted by Gasteiger charge is 2.19. The average Bonchev–Trinajstić information content (AvgIpc) is 2.35. The van der Waals surface area contributed by atoms with Crippen molar-refractivity contribution in [3.63, 3.8) is 0 Å². The summed E-state index contributed by atoms with van der Waals surface area (Å²) in [6.07, 6.45) is 0.814. The molecule has 0 unspecified atom stereocenters. The van der Waals surface area contributed by atoms with Crippen LogP contribution in [-0.4, -0.2) is 29.5 Å². The van der Waals surface area contributed by atoms with Crippen molar-refractivity contribution in [1.29, 1.82) is 0 Å². The Labute approximate surface area is 117 Å². The van der Waals surface area contributed by atoms with Crippen molar-refractivity contribution in [3.8, 4) is 0 Å². The molecule has 0 amide bonds. The van der Waals surface area contributed by atoms with Crippen molar-refractivity contribution in [2.75, 3.05) is 19.0 Å². The number of ether oxygens (including phenoxy) is 1. The summed E-state index contributed by atoms with van der Waals surface area (Å²) in [5.74, 6) is -0.541. The Balaban J connectivity index is 2.94. The first-order valence-electron chi connectivity index (χ1n) is 6.22. The topological polar surface area (TPSA) is 94.4 Å². The van der Waals surface area contributed by atoms with Gasteiger partial charge in [-0.05, 0) is 17.9 Å². The minimum absolute atomic E-state index is 0.0383. The molecule has 1 aromatic rings. The normalized spacial score (nSPS) is 11.0. The number of carbonyl (C=O) groups excluding carboxylic acids is 1. The van der Waals surface area contributed by atoms with E-state index in [0.717, 1.165) is 6.42 Å². The SMILES string of the molecule is COC(=O)c1ccc([N+](=O)[O-])c(NCCC(C)(C)C)n1. The predicted molar refractivity (Wildman–Crippen MR) is 74.8 cm³/mol. The van der Waals surface area contributed by atoms with Gasteiger partial charge in [0.2, 0.25) is 5.82 Å². The number of anilines is 1. The molecular weight excluding hydrogens is 262 g/mol. The molecule has 1 heterocycles. The first kappa shape index (κ1) is 15.9. The van der Waals surface area contributed by atoms with Crippen LogP contribution in [0.2, 0.25) is 0 Å². The Kier molecular flexibility index (Phi) is 5.01. The number of carbonyl (C=O) groups is 1. The zero-order valence-corrected chi connectivity index (χ0v) is 12.1. The number of aromatic nitrogens is 1. The molecule has 20 heavy (non-hydrogen) atoms. The molecule has 0 aliphatic carbocycles. The molecule has 1 aromatic heterocycles. The second-order valence-corrected chi connectivity index (χ2v) is 5.55. The number of rotatable bonds is 5. The van der Waals surface area contributed by atoms with Crippen LogP contribution >= 0.6 is 0 Å². The van der Waals surface area contributed by atoms with E-state index in [-0.39, 0.29) is 22.6 Å². The average molecular weight is 281 g/mol. The maximum atomic E-state index is 11.4. The number of pyridine rings is 1. The molecule has 1 N–H and O–H groups in total. The van der Waals surface area contributed by atoms with E-state index in [1.165, 1.54) is 19.2 Å². The molecule has 0 atom stereocenters. The van der Waals surface area contributed by atoms with Gasteiger partial charge in [-0.25, -0.2) is 9.78 Å². The van der Waals surface area contributed by atoms with E-state index in [2.05, 4.69) is 35.8 Å². The Morgan fingerprint density at radius 3 is 2.60 bits per heavy atom. The Hall–Kier alpha value is -2.18. The standard InChI is InChI=1S/C13H19N3O4/c1-13(2,3)7-8-14-11-10(16(18)19)6-5-9(15-11)12(17)20-4/h5-6H,7-8H2,1-4H3,(H,14,15). The fraction of sp³-hybridized carbons (Fsp3) is 0.538. The lowest BCUT2D eigenvalue weighted by atomic mass is 9.92. The van der Waals surface area contributed by atoms with Crippen LogP contribution in [0.3, 0.4) is 0 Å². The van der Waals surface area contributed by atoms with Gasteiger partial charge in [0.05, 0.1) is 12.0 Å². The maximum Gasteiger partial charge on any atom is 0.356 e. The lowest BCUT2D eigenvalue weighted by Crippen LogP contribution is -2.15. The highest BCUT2D eigenvalue weighted by atomic mass is 16.6. The van der Waals surface area contributed by atoms with Gasteiger partial charge in [-0.15, -0.1) is 0 Å². The largest absolute Gasteiger partial charge is 0.464 e. The zero-order valence-electron chi connectivity index (χ0n) is 12.1. The van der Waals surface area contributed by atoms with Crippen LogP contribution in [0.5, 0.6) is 0 Å². The Morgan fingerprint density at radius 1 is 1.45 bits per heavy atom. The minimum Gasteiger partial charge on any atom is -0.464 e. The third kappa shape index (κ3) is 4.49. The summed E-state index contributed by atoms with van der Waals surface area (Å²) in [6, 6.07) is 2.53. The lowest BCUT2D eigenvalue weighted by molar-refractivity contribution is -0.384. The van der Waals surface area contributed by atoms with Crippen LogP contribution in [0.1, 0.15) is 37.7 Å². The van der Waals surface area contributed by atoms with Gasteiger partial charge < -0.3 is 10.1 Å². The molecule has 7 heteroatoms. The summed E-state index contributed by atoms with van der Waals surface area (Å²) in [6.45, 7) is 6.74. The molecule has 7 nitrogen and oxygen atoms in total. The van der Waals surface area contributed by atoms with E-state index in [1.807, 2.05) is 0 Å². The van der Waals surface area contributed by atoms with E-state index in [1.54, 1.807) is 0 Å².